The molecule has 0 aromatic heterocycles. The SMILES string of the molecule is COC(=O)CCCN(C)C(=O)Cc1ccc(C(F)(F)F)cc1. The summed E-state index contributed by atoms with van der Waals surface area (Å²) in [6, 6.07) is 4.51. The predicted molar refractivity (Wildman–Crippen MR) is 74.0 cm³/mol. The highest BCUT2D eigenvalue weighted by Crippen LogP contribution is 2.29. The Bertz CT molecular complexity index is 512. The van der Waals surface area contributed by atoms with E-state index in [4.69, 9.17) is 0 Å². The highest BCUT2D eigenvalue weighted by atomic mass is 19.4. The van der Waals surface area contributed by atoms with E-state index < -0.39 is 11.7 Å². The number of hydrogen-bond donors (Lipinski definition) is 0. The zero-order chi connectivity index (χ0) is 16.8. The fourth-order valence-electron chi connectivity index (χ4n) is 1.81. The molecular formula is C15H18F3NO3. The normalized spacial score (nSPS) is 11.1. The minimum Gasteiger partial charge on any atom is -0.469 e. The first-order valence-electron chi connectivity index (χ1n) is 6.71. The molecule has 4 nitrogen and oxygen atoms in total. The van der Waals surface area contributed by atoms with Crippen LogP contribution in [0.25, 0.3) is 0 Å². The zero-order valence-electron chi connectivity index (χ0n) is 12.4. The standard InChI is InChI=1S/C15H18F3NO3/c1-19(9-3-4-14(21)22-2)13(20)10-11-5-7-12(8-6-11)15(16,17)18/h5-8H,3-4,9-10H2,1-2H3. The van der Waals surface area contributed by atoms with Crippen LogP contribution in [-0.2, 0) is 26.9 Å². The van der Waals surface area contributed by atoms with Gasteiger partial charge in [0.1, 0.15) is 0 Å². The molecule has 0 radical (unpaired) electrons. The van der Waals surface area contributed by atoms with Gasteiger partial charge < -0.3 is 9.64 Å². The number of benzene rings is 1. The molecular weight excluding hydrogens is 299 g/mol. The average molecular weight is 317 g/mol. The summed E-state index contributed by atoms with van der Waals surface area (Å²) in [7, 11) is 2.88. The molecule has 1 aromatic rings. The fraction of sp³-hybridized carbons (Fsp3) is 0.467. The molecule has 0 bridgehead atoms. The van der Waals surface area contributed by atoms with Gasteiger partial charge in [0.25, 0.3) is 0 Å². The van der Waals surface area contributed by atoms with E-state index in [2.05, 4.69) is 4.74 Å². The second kappa shape index (κ2) is 7.82. The van der Waals surface area contributed by atoms with Crippen LogP contribution in [0.4, 0.5) is 13.2 Å². The summed E-state index contributed by atoms with van der Waals surface area (Å²) in [4.78, 5) is 24.3. The summed E-state index contributed by atoms with van der Waals surface area (Å²) >= 11 is 0. The molecule has 1 aromatic carbocycles. The molecule has 22 heavy (non-hydrogen) atoms. The minimum atomic E-state index is -4.38. The first-order chi connectivity index (χ1) is 10.2. The van der Waals surface area contributed by atoms with Gasteiger partial charge in [0.05, 0.1) is 19.1 Å². The number of likely N-dealkylation sites (N-methyl/N-ethyl adjacent to an activating group) is 1. The third kappa shape index (κ3) is 5.75. The molecule has 0 N–H and O–H groups in total. The summed E-state index contributed by atoms with van der Waals surface area (Å²) in [6.45, 7) is 0.384. The summed E-state index contributed by atoms with van der Waals surface area (Å²) in [6.07, 6.45) is -3.67. The van der Waals surface area contributed by atoms with Crippen molar-refractivity contribution in [3.05, 3.63) is 35.4 Å². The van der Waals surface area contributed by atoms with Crippen LogP contribution >= 0.6 is 0 Å². The number of amides is 1. The first kappa shape index (κ1) is 18.0. The molecule has 0 heterocycles. The van der Waals surface area contributed by atoms with Crippen LogP contribution in [0.2, 0.25) is 0 Å². The van der Waals surface area contributed by atoms with E-state index in [1.807, 2.05) is 0 Å². The predicted octanol–water partition coefficient (Wildman–Crippen LogP) is 2.66. The molecule has 0 aliphatic carbocycles. The van der Waals surface area contributed by atoms with Crippen LogP contribution in [0.3, 0.4) is 0 Å². The van der Waals surface area contributed by atoms with Gasteiger partial charge in [-0.15, -0.1) is 0 Å². The van der Waals surface area contributed by atoms with Crippen LogP contribution in [0.15, 0.2) is 24.3 Å². The lowest BCUT2D eigenvalue weighted by Gasteiger charge is -2.17. The second-order valence-corrected chi connectivity index (χ2v) is 4.87. The molecule has 0 aliphatic heterocycles. The van der Waals surface area contributed by atoms with Crippen LogP contribution in [0.1, 0.15) is 24.0 Å². The average Bonchev–Trinajstić information content (AvgIpc) is 2.46. The van der Waals surface area contributed by atoms with E-state index in [1.165, 1.54) is 24.1 Å². The number of ether oxygens (including phenoxy) is 1. The molecule has 0 atom stereocenters. The third-order valence-corrected chi connectivity index (χ3v) is 3.16. The van der Waals surface area contributed by atoms with Crippen LogP contribution in [-0.4, -0.2) is 37.5 Å². The van der Waals surface area contributed by atoms with Crippen molar-refractivity contribution in [2.24, 2.45) is 0 Å². The summed E-state index contributed by atoms with van der Waals surface area (Å²) in [5.41, 5.74) is -0.229. The molecule has 0 spiro atoms. The number of nitrogens with zero attached hydrogens (tertiary/aromatic N) is 1. The largest absolute Gasteiger partial charge is 0.469 e. The van der Waals surface area contributed by atoms with E-state index >= 15 is 0 Å². The Morgan fingerprint density at radius 2 is 1.77 bits per heavy atom. The van der Waals surface area contributed by atoms with Gasteiger partial charge in [-0.05, 0) is 24.1 Å². The van der Waals surface area contributed by atoms with Crippen molar-refractivity contribution in [3.63, 3.8) is 0 Å². The fourth-order valence-corrected chi connectivity index (χ4v) is 1.81. The molecule has 1 rings (SSSR count). The quantitative estimate of drug-likeness (QED) is 0.758. The summed E-state index contributed by atoms with van der Waals surface area (Å²) in [5, 5.41) is 0. The van der Waals surface area contributed by atoms with Crippen molar-refractivity contribution in [2.45, 2.75) is 25.4 Å². The maximum atomic E-state index is 12.4. The Kier molecular flexibility index (Phi) is 6.39. The number of rotatable bonds is 6. The smallest absolute Gasteiger partial charge is 0.416 e. The molecule has 0 unspecified atom stereocenters. The second-order valence-electron chi connectivity index (χ2n) is 4.87. The topological polar surface area (TPSA) is 46.6 Å². The number of hydrogen-bond acceptors (Lipinski definition) is 3. The first-order valence-corrected chi connectivity index (χ1v) is 6.71. The van der Waals surface area contributed by atoms with Crippen molar-refractivity contribution in [1.29, 1.82) is 0 Å². The Labute approximate surface area is 126 Å². The molecule has 0 fully saturated rings. The van der Waals surface area contributed by atoms with Crippen molar-refractivity contribution < 1.29 is 27.5 Å². The molecule has 0 saturated heterocycles. The molecule has 0 saturated carbocycles. The Morgan fingerprint density at radius 3 is 2.27 bits per heavy atom. The number of alkyl halides is 3. The highest BCUT2D eigenvalue weighted by molar-refractivity contribution is 5.78. The van der Waals surface area contributed by atoms with Gasteiger partial charge in [0.2, 0.25) is 5.91 Å². The number of methoxy groups -OCH3 is 1. The van der Waals surface area contributed by atoms with E-state index in [1.54, 1.807) is 7.05 Å². The van der Waals surface area contributed by atoms with Crippen molar-refractivity contribution >= 4 is 11.9 Å². The van der Waals surface area contributed by atoms with E-state index in [-0.39, 0.29) is 24.7 Å². The number of carbonyl (C=O) groups is 2. The van der Waals surface area contributed by atoms with Crippen LogP contribution in [0, 0.1) is 0 Å². The lowest BCUT2D eigenvalue weighted by Crippen LogP contribution is -2.29. The van der Waals surface area contributed by atoms with Crippen LogP contribution < -0.4 is 0 Å². The van der Waals surface area contributed by atoms with Gasteiger partial charge in [0, 0.05) is 20.0 Å². The molecule has 0 aliphatic rings. The number of halogens is 3. The molecule has 1 amide bonds. The molecule has 122 valence electrons. The van der Waals surface area contributed by atoms with Gasteiger partial charge in [-0.1, -0.05) is 12.1 Å². The van der Waals surface area contributed by atoms with Gasteiger partial charge in [-0.2, -0.15) is 13.2 Å². The third-order valence-electron chi connectivity index (χ3n) is 3.16. The lowest BCUT2D eigenvalue weighted by atomic mass is 10.1. The minimum absolute atomic E-state index is 0.0207. The number of carbonyl (C=O) groups excluding carboxylic acids is 2. The Balaban J connectivity index is 2.48. The lowest BCUT2D eigenvalue weighted by molar-refractivity contribution is -0.141. The van der Waals surface area contributed by atoms with Gasteiger partial charge in [0.15, 0.2) is 0 Å². The van der Waals surface area contributed by atoms with Gasteiger partial charge >= 0.3 is 12.1 Å². The Hall–Kier alpha value is -2.05. The van der Waals surface area contributed by atoms with Gasteiger partial charge in [-0.25, -0.2) is 0 Å². The summed E-state index contributed by atoms with van der Waals surface area (Å²) in [5.74, 6) is -0.562. The maximum absolute atomic E-state index is 12.4. The van der Waals surface area contributed by atoms with E-state index in [0.717, 1.165) is 12.1 Å². The maximum Gasteiger partial charge on any atom is 0.416 e. The van der Waals surface area contributed by atoms with Crippen molar-refractivity contribution in [3.8, 4) is 0 Å². The Morgan fingerprint density at radius 1 is 1.18 bits per heavy atom. The van der Waals surface area contributed by atoms with Crippen LogP contribution in [0.5, 0.6) is 0 Å². The van der Waals surface area contributed by atoms with Crippen molar-refractivity contribution in [2.75, 3.05) is 20.7 Å². The monoisotopic (exact) mass is 317 g/mol. The highest BCUT2D eigenvalue weighted by Gasteiger charge is 2.30. The van der Waals surface area contributed by atoms with Crippen molar-refractivity contribution in [1.82, 2.24) is 4.90 Å². The zero-order valence-corrected chi connectivity index (χ0v) is 12.4. The summed E-state index contributed by atoms with van der Waals surface area (Å²) < 4.78 is 41.8. The van der Waals surface area contributed by atoms with E-state index in [0.29, 0.717) is 18.5 Å². The molecule has 7 heteroatoms. The number of esters is 1. The van der Waals surface area contributed by atoms with E-state index in [9.17, 15) is 22.8 Å². The van der Waals surface area contributed by atoms with Gasteiger partial charge in [-0.3, -0.25) is 9.59 Å².